The lowest BCUT2D eigenvalue weighted by molar-refractivity contribution is -0.125. The van der Waals surface area contributed by atoms with Gasteiger partial charge >= 0.3 is 0 Å². The lowest BCUT2D eigenvalue weighted by Gasteiger charge is -2.13. The summed E-state index contributed by atoms with van der Waals surface area (Å²) in [5, 5.41) is 3.03. The van der Waals surface area contributed by atoms with Gasteiger partial charge in [-0.3, -0.25) is 4.79 Å². The highest BCUT2D eigenvalue weighted by molar-refractivity contribution is 5.79. The summed E-state index contributed by atoms with van der Waals surface area (Å²) < 4.78 is 0. The molecule has 1 aromatic rings. The number of hydrogen-bond donors (Lipinski definition) is 2. The lowest BCUT2D eigenvalue weighted by atomic mass is 10.1. The van der Waals surface area contributed by atoms with Crippen LogP contribution in [0.4, 0.5) is 0 Å². The molecule has 3 N–H and O–H groups in total. The van der Waals surface area contributed by atoms with Crippen LogP contribution in [-0.4, -0.2) is 30.9 Å². The zero-order valence-corrected chi connectivity index (χ0v) is 12.4. The number of rotatable bonds is 5. The van der Waals surface area contributed by atoms with E-state index in [1.165, 1.54) is 5.56 Å². The molecule has 0 bridgehead atoms. The molecule has 0 saturated heterocycles. The molecule has 1 fully saturated rings. The number of nitrogens with one attached hydrogen (secondary N) is 1. The van der Waals surface area contributed by atoms with Gasteiger partial charge in [-0.05, 0) is 44.5 Å². The maximum absolute atomic E-state index is 12.1. The second-order valence-electron chi connectivity index (χ2n) is 6.05. The van der Waals surface area contributed by atoms with Crippen LogP contribution in [0.15, 0.2) is 24.3 Å². The number of amides is 1. The van der Waals surface area contributed by atoms with E-state index < -0.39 is 0 Å². The van der Waals surface area contributed by atoms with E-state index in [9.17, 15) is 4.79 Å². The molecule has 0 aliphatic heterocycles. The van der Waals surface area contributed by atoms with Crippen molar-refractivity contribution in [1.82, 2.24) is 10.2 Å². The molecule has 1 aliphatic carbocycles. The summed E-state index contributed by atoms with van der Waals surface area (Å²) in [7, 11) is 4.11. The van der Waals surface area contributed by atoms with Crippen LogP contribution in [0.5, 0.6) is 0 Å². The molecule has 20 heavy (non-hydrogen) atoms. The fourth-order valence-corrected chi connectivity index (χ4v) is 2.79. The summed E-state index contributed by atoms with van der Waals surface area (Å²) in [6.07, 6.45) is 2.72. The first-order valence-corrected chi connectivity index (χ1v) is 7.30. The van der Waals surface area contributed by atoms with Crippen LogP contribution in [0.25, 0.3) is 0 Å². The first-order valence-electron chi connectivity index (χ1n) is 7.30. The Labute approximate surface area is 121 Å². The third-order valence-corrected chi connectivity index (χ3v) is 3.80. The Morgan fingerprint density at radius 1 is 1.35 bits per heavy atom. The fraction of sp³-hybridized carbons (Fsp3) is 0.562. The van der Waals surface area contributed by atoms with Crippen molar-refractivity contribution < 1.29 is 4.79 Å². The van der Waals surface area contributed by atoms with Crippen LogP contribution in [0.3, 0.4) is 0 Å². The molecule has 0 aromatic heterocycles. The van der Waals surface area contributed by atoms with Gasteiger partial charge in [-0.15, -0.1) is 0 Å². The fourth-order valence-electron chi connectivity index (χ4n) is 2.79. The van der Waals surface area contributed by atoms with Gasteiger partial charge in [0.25, 0.3) is 0 Å². The van der Waals surface area contributed by atoms with Crippen LogP contribution < -0.4 is 11.1 Å². The zero-order chi connectivity index (χ0) is 14.5. The lowest BCUT2D eigenvalue weighted by Crippen LogP contribution is -2.30. The van der Waals surface area contributed by atoms with Crippen molar-refractivity contribution in [2.75, 3.05) is 14.1 Å². The normalized spacial score (nSPS) is 22.2. The maximum Gasteiger partial charge on any atom is 0.223 e. The van der Waals surface area contributed by atoms with Crippen molar-refractivity contribution in [2.45, 2.75) is 38.4 Å². The molecule has 1 amide bonds. The predicted molar refractivity (Wildman–Crippen MR) is 81.0 cm³/mol. The molecule has 1 aliphatic rings. The number of carbonyl (C=O) groups excluding carboxylic acids is 1. The van der Waals surface area contributed by atoms with Gasteiger partial charge in [-0.25, -0.2) is 0 Å². The molecule has 4 nitrogen and oxygen atoms in total. The maximum atomic E-state index is 12.1. The highest BCUT2D eigenvalue weighted by Crippen LogP contribution is 2.24. The third kappa shape index (κ3) is 4.32. The molecule has 4 heteroatoms. The Kier molecular flexibility index (Phi) is 5.15. The molecular weight excluding hydrogens is 250 g/mol. The van der Waals surface area contributed by atoms with Gasteiger partial charge in [-0.1, -0.05) is 24.3 Å². The summed E-state index contributed by atoms with van der Waals surface area (Å²) in [6, 6.07) is 8.57. The molecule has 2 rings (SSSR count). The SMILES string of the molecule is CN(C)Cc1cccc(CNC(=O)C2CCC(N)C2)c1. The molecule has 0 spiro atoms. The van der Waals surface area contributed by atoms with E-state index >= 15 is 0 Å². The molecule has 0 heterocycles. The van der Waals surface area contributed by atoms with Gasteiger partial charge in [0.05, 0.1) is 0 Å². The molecule has 2 unspecified atom stereocenters. The summed E-state index contributed by atoms with van der Waals surface area (Å²) >= 11 is 0. The average molecular weight is 275 g/mol. The van der Waals surface area contributed by atoms with Gasteiger partial charge in [-0.2, -0.15) is 0 Å². The van der Waals surface area contributed by atoms with Crippen molar-refractivity contribution in [1.29, 1.82) is 0 Å². The number of carbonyl (C=O) groups is 1. The average Bonchev–Trinajstić information content (AvgIpc) is 2.82. The minimum absolute atomic E-state index is 0.106. The van der Waals surface area contributed by atoms with Gasteiger partial charge in [0.1, 0.15) is 0 Å². The monoisotopic (exact) mass is 275 g/mol. The van der Waals surface area contributed by atoms with E-state index in [0.717, 1.165) is 31.4 Å². The van der Waals surface area contributed by atoms with Gasteiger partial charge in [0.15, 0.2) is 0 Å². The molecule has 0 radical (unpaired) electrons. The van der Waals surface area contributed by atoms with E-state index in [1.54, 1.807) is 0 Å². The highest BCUT2D eigenvalue weighted by atomic mass is 16.1. The molecule has 2 atom stereocenters. The first-order chi connectivity index (χ1) is 9.54. The zero-order valence-electron chi connectivity index (χ0n) is 12.4. The van der Waals surface area contributed by atoms with Gasteiger partial charge in [0.2, 0.25) is 5.91 Å². The van der Waals surface area contributed by atoms with Crippen molar-refractivity contribution in [3.05, 3.63) is 35.4 Å². The minimum Gasteiger partial charge on any atom is -0.352 e. The number of nitrogens with two attached hydrogens (primary N) is 1. The van der Waals surface area contributed by atoms with Gasteiger partial charge < -0.3 is 16.0 Å². The van der Waals surface area contributed by atoms with E-state index in [4.69, 9.17) is 5.73 Å². The molecule has 1 saturated carbocycles. The van der Waals surface area contributed by atoms with Crippen molar-refractivity contribution in [3.63, 3.8) is 0 Å². The Morgan fingerprint density at radius 2 is 2.10 bits per heavy atom. The standard InChI is InChI=1S/C16H25N3O/c1-19(2)11-13-5-3-4-12(8-13)10-18-16(20)14-6-7-15(17)9-14/h3-5,8,14-15H,6-7,9-11,17H2,1-2H3,(H,18,20). The number of nitrogens with zero attached hydrogens (tertiary/aromatic N) is 1. The smallest absolute Gasteiger partial charge is 0.223 e. The van der Waals surface area contributed by atoms with Crippen molar-refractivity contribution in [3.8, 4) is 0 Å². The van der Waals surface area contributed by atoms with Crippen LogP contribution in [0.2, 0.25) is 0 Å². The quantitative estimate of drug-likeness (QED) is 0.856. The van der Waals surface area contributed by atoms with E-state index in [-0.39, 0.29) is 17.9 Å². The van der Waals surface area contributed by atoms with Crippen molar-refractivity contribution in [2.24, 2.45) is 11.7 Å². The minimum atomic E-state index is 0.106. The second-order valence-corrected chi connectivity index (χ2v) is 6.05. The Hall–Kier alpha value is -1.39. The number of hydrogen-bond acceptors (Lipinski definition) is 3. The molecular formula is C16H25N3O. The van der Waals surface area contributed by atoms with Crippen LogP contribution in [-0.2, 0) is 17.9 Å². The largest absolute Gasteiger partial charge is 0.352 e. The molecule has 110 valence electrons. The summed E-state index contributed by atoms with van der Waals surface area (Å²) in [4.78, 5) is 14.2. The molecule has 1 aromatic carbocycles. The van der Waals surface area contributed by atoms with Crippen molar-refractivity contribution >= 4 is 5.91 Å². The third-order valence-electron chi connectivity index (χ3n) is 3.80. The number of benzene rings is 1. The first kappa shape index (κ1) is 15.0. The Bertz CT molecular complexity index is 459. The summed E-state index contributed by atoms with van der Waals surface area (Å²) in [6.45, 7) is 1.52. The van der Waals surface area contributed by atoms with E-state index in [0.29, 0.717) is 6.54 Å². The summed E-state index contributed by atoms with van der Waals surface area (Å²) in [5.41, 5.74) is 8.27. The van der Waals surface area contributed by atoms with E-state index in [1.807, 2.05) is 6.07 Å². The van der Waals surface area contributed by atoms with Crippen LogP contribution in [0, 0.1) is 5.92 Å². The second kappa shape index (κ2) is 6.86. The Morgan fingerprint density at radius 3 is 2.75 bits per heavy atom. The van der Waals surface area contributed by atoms with Gasteiger partial charge in [0, 0.05) is 25.0 Å². The van der Waals surface area contributed by atoms with E-state index in [2.05, 4.69) is 42.5 Å². The summed E-state index contributed by atoms with van der Waals surface area (Å²) in [5.74, 6) is 0.255. The van der Waals surface area contributed by atoms with Crippen LogP contribution >= 0.6 is 0 Å². The Balaban J connectivity index is 1.85. The highest BCUT2D eigenvalue weighted by Gasteiger charge is 2.27. The topological polar surface area (TPSA) is 58.4 Å². The predicted octanol–water partition coefficient (Wildman–Crippen LogP) is 1.49. The van der Waals surface area contributed by atoms with Crippen LogP contribution in [0.1, 0.15) is 30.4 Å².